The highest BCUT2D eigenvalue weighted by Gasteiger charge is 2.57. The topological polar surface area (TPSA) is 106 Å². The number of nitrogens with two attached hydrogens (primary N) is 2. The van der Waals surface area contributed by atoms with Gasteiger partial charge in [-0.05, 0) is 12.3 Å². The standard InChI is InChI=1S/C6H10N2O3/c7-4(9)1-3-2-6(3,8)5(10)11/h3H,1-2,8H2,(H2,7,9)(H,10,11)/t3-,6+/m1/s1. The molecule has 0 heterocycles. The van der Waals surface area contributed by atoms with Crippen molar-refractivity contribution in [1.29, 1.82) is 0 Å². The zero-order valence-corrected chi connectivity index (χ0v) is 5.91. The van der Waals surface area contributed by atoms with Gasteiger partial charge in [-0.2, -0.15) is 0 Å². The van der Waals surface area contributed by atoms with Gasteiger partial charge in [-0.25, -0.2) is 0 Å². The molecule has 1 rings (SSSR count). The van der Waals surface area contributed by atoms with Gasteiger partial charge in [0.15, 0.2) is 0 Å². The van der Waals surface area contributed by atoms with Gasteiger partial charge < -0.3 is 16.6 Å². The van der Waals surface area contributed by atoms with Crippen LogP contribution in [-0.2, 0) is 9.59 Å². The van der Waals surface area contributed by atoms with Gasteiger partial charge in [-0.1, -0.05) is 0 Å². The molecule has 0 saturated heterocycles. The molecule has 1 saturated carbocycles. The molecule has 0 spiro atoms. The maximum absolute atomic E-state index is 10.4. The van der Waals surface area contributed by atoms with Gasteiger partial charge in [-0.15, -0.1) is 0 Å². The van der Waals surface area contributed by atoms with E-state index < -0.39 is 17.4 Å². The lowest BCUT2D eigenvalue weighted by Crippen LogP contribution is -2.35. The number of carboxylic acids is 1. The number of hydrogen-bond donors (Lipinski definition) is 3. The van der Waals surface area contributed by atoms with Crippen molar-refractivity contribution in [3.63, 3.8) is 0 Å². The minimum absolute atomic E-state index is 0.0722. The van der Waals surface area contributed by atoms with Crippen molar-refractivity contribution >= 4 is 11.9 Å². The number of hydrogen-bond acceptors (Lipinski definition) is 3. The molecule has 11 heavy (non-hydrogen) atoms. The fourth-order valence-electron chi connectivity index (χ4n) is 1.11. The zero-order chi connectivity index (χ0) is 8.65. The predicted octanol–water partition coefficient (Wildman–Crippen LogP) is -1.34. The molecule has 0 bridgehead atoms. The molecular weight excluding hydrogens is 148 g/mol. The van der Waals surface area contributed by atoms with E-state index in [9.17, 15) is 9.59 Å². The summed E-state index contributed by atoms with van der Waals surface area (Å²) in [6, 6.07) is 0. The Hall–Kier alpha value is -1.10. The van der Waals surface area contributed by atoms with E-state index >= 15 is 0 Å². The van der Waals surface area contributed by atoms with Crippen LogP contribution in [0.15, 0.2) is 0 Å². The van der Waals surface area contributed by atoms with Crippen LogP contribution in [0.3, 0.4) is 0 Å². The predicted molar refractivity (Wildman–Crippen MR) is 36.5 cm³/mol. The summed E-state index contributed by atoms with van der Waals surface area (Å²) in [6.07, 6.45) is 0.425. The molecule has 1 fully saturated rings. The zero-order valence-electron chi connectivity index (χ0n) is 5.91. The second-order valence-electron chi connectivity index (χ2n) is 2.92. The molecule has 0 aromatic carbocycles. The lowest BCUT2D eigenvalue weighted by atomic mass is 10.2. The van der Waals surface area contributed by atoms with Crippen LogP contribution >= 0.6 is 0 Å². The summed E-state index contributed by atoms with van der Waals surface area (Å²) in [6.45, 7) is 0. The van der Waals surface area contributed by atoms with Crippen molar-refractivity contribution in [2.45, 2.75) is 18.4 Å². The first-order valence-electron chi connectivity index (χ1n) is 3.27. The highest BCUT2D eigenvalue weighted by Crippen LogP contribution is 2.43. The molecule has 62 valence electrons. The van der Waals surface area contributed by atoms with Gasteiger partial charge in [0.05, 0.1) is 0 Å². The van der Waals surface area contributed by atoms with Crippen molar-refractivity contribution in [1.82, 2.24) is 0 Å². The van der Waals surface area contributed by atoms with Crippen LogP contribution in [0.5, 0.6) is 0 Å². The molecule has 0 aromatic rings. The fourth-order valence-corrected chi connectivity index (χ4v) is 1.11. The summed E-state index contributed by atoms with van der Waals surface area (Å²) in [5.74, 6) is -1.81. The number of carbonyl (C=O) groups is 2. The molecule has 0 unspecified atom stereocenters. The second kappa shape index (κ2) is 2.20. The molecule has 0 aliphatic heterocycles. The van der Waals surface area contributed by atoms with Crippen molar-refractivity contribution in [3.8, 4) is 0 Å². The van der Waals surface area contributed by atoms with E-state index in [1.165, 1.54) is 0 Å². The third-order valence-corrected chi connectivity index (χ3v) is 2.00. The molecule has 5 heteroatoms. The van der Waals surface area contributed by atoms with E-state index in [0.29, 0.717) is 6.42 Å². The van der Waals surface area contributed by atoms with E-state index in [2.05, 4.69) is 0 Å². The monoisotopic (exact) mass is 158 g/mol. The van der Waals surface area contributed by atoms with Crippen LogP contribution in [0.2, 0.25) is 0 Å². The quantitative estimate of drug-likeness (QED) is 0.472. The maximum Gasteiger partial charge on any atom is 0.323 e. The molecular formula is C6H10N2O3. The Balaban J connectivity index is 2.47. The fraction of sp³-hybridized carbons (Fsp3) is 0.667. The van der Waals surface area contributed by atoms with Gasteiger partial charge in [0.25, 0.3) is 0 Å². The SMILES string of the molecule is NC(=O)C[C@@H]1C[C@@]1(N)C(=O)O. The van der Waals surface area contributed by atoms with E-state index in [0.717, 1.165) is 0 Å². The van der Waals surface area contributed by atoms with Gasteiger partial charge in [0, 0.05) is 6.42 Å². The van der Waals surface area contributed by atoms with Crippen LogP contribution in [0.1, 0.15) is 12.8 Å². The number of carboxylic acid groups (broad SMARTS) is 1. The molecule has 1 aliphatic carbocycles. The molecule has 5 N–H and O–H groups in total. The number of rotatable bonds is 3. The number of carbonyl (C=O) groups excluding carboxylic acids is 1. The highest BCUT2D eigenvalue weighted by atomic mass is 16.4. The largest absolute Gasteiger partial charge is 0.480 e. The van der Waals surface area contributed by atoms with Gasteiger partial charge in [0.1, 0.15) is 5.54 Å². The third-order valence-electron chi connectivity index (χ3n) is 2.00. The highest BCUT2D eigenvalue weighted by molar-refractivity contribution is 5.85. The normalized spacial score (nSPS) is 34.8. The van der Waals surface area contributed by atoms with Crippen LogP contribution < -0.4 is 11.5 Å². The summed E-state index contributed by atoms with van der Waals surface area (Å²) >= 11 is 0. The molecule has 2 atom stereocenters. The summed E-state index contributed by atoms with van der Waals surface area (Å²) in [5.41, 5.74) is 9.06. The summed E-state index contributed by atoms with van der Waals surface area (Å²) < 4.78 is 0. The summed E-state index contributed by atoms with van der Waals surface area (Å²) in [7, 11) is 0. The van der Waals surface area contributed by atoms with E-state index in [1.54, 1.807) is 0 Å². The van der Waals surface area contributed by atoms with E-state index in [1.807, 2.05) is 0 Å². The smallest absolute Gasteiger partial charge is 0.323 e. The average Bonchev–Trinajstić information content (AvgIpc) is 2.42. The Bertz CT molecular complexity index is 216. The van der Waals surface area contributed by atoms with Crippen molar-refractivity contribution in [2.24, 2.45) is 17.4 Å². The molecule has 0 radical (unpaired) electrons. The van der Waals surface area contributed by atoms with Crippen LogP contribution in [0.25, 0.3) is 0 Å². The first-order chi connectivity index (χ1) is 4.97. The molecule has 5 nitrogen and oxygen atoms in total. The lowest BCUT2D eigenvalue weighted by molar-refractivity contribution is -0.140. The first kappa shape index (κ1) is 8.00. The van der Waals surface area contributed by atoms with Crippen LogP contribution in [0, 0.1) is 5.92 Å². The summed E-state index contributed by atoms with van der Waals surface area (Å²) in [4.78, 5) is 20.7. The van der Waals surface area contributed by atoms with Crippen molar-refractivity contribution < 1.29 is 14.7 Å². The van der Waals surface area contributed by atoms with Gasteiger partial charge in [0.2, 0.25) is 5.91 Å². The number of amides is 1. The third kappa shape index (κ3) is 1.32. The van der Waals surface area contributed by atoms with E-state index in [-0.39, 0.29) is 12.3 Å². The van der Waals surface area contributed by atoms with E-state index in [4.69, 9.17) is 16.6 Å². The summed E-state index contributed by atoms with van der Waals surface area (Å²) in [5, 5.41) is 8.52. The lowest BCUT2D eigenvalue weighted by Gasteiger charge is -2.02. The minimum atomic E-state index is -1.19. The Morgan fingerprint density at radius 2 is 2.18 bits per heavy atom. The van der Waals surface area contributed by atoms with Crippen LogP contribution in [0.4, 0.5) is 0 Å². The van der Waals surface area contributed by atoms with Crippen LogP contribution in [-0.4, -0.2) is 22.5 Å². The first-order valence-corrected chi connectivity index (χ1v) is 3.27. The Labute approximate surface area is 63.4 Å². The number of aliphatic carboxylic acids is 1. The molecule has 1 amide bonds. The average molecular weight is 158 g/mol. The molecule has 0 aromatic heterocycles. The van der Waals surface area contributed by atoms with Gasteiger partial charge in [-0.3, -0.25) is 9.59 Å². The Morgan fingerprint density at radius 3 is 2.45 bits per heavy atom. The minimum Gasteiger partial charge on any atom is -0.480 e. The van der Waals surface area contributed by atoms with Gasteiger partial charge >= 0.3 is 5.97 Å². The second-order valence-corrected chi connectivity index (χ2v) is 2.92. The van der Waals surface area contributed by atoms with Crippen molar-refractivity contribution in [2.75, 3.05) is 0 Å². The Kier molecular flexibility index (Phi) is 1.60. The number of primary amides is 1. The Morgan fingerprint density at radius 1 is 1.64 bits per heavy atom. The van der Waals surface area contributed by atoms with Crippen molar-refractivity contribution in [3.05, 3.63) is 0 Å². The maximum atomic E-state index is 10.4. The molecule has 1 aliphatic rings.